The number of rotatable bonds is 5. The molecular formula is C17H23ClF4N6O. The molecule has 12 heteroatoms. The quantitative estimate of drug-likeness (QED) is 0.622. The Balaban J connectivity index is 0.00000300. The van der Waals surface area contributed by atoms with Crippen LogP contribution >= 0.6 is 12.4 Å². The summed E-state index contributed by atoms with van der Waals surface area (Å²) >= 11 is 0. The largest absolute Gasteiger partial charge is 0.419 e. The number of hydrogen-bond donors (Lipinski definition) is 3. The van der Waals surface area contributed by atoms with Gasteiger partial charge in [0.15, 0.2) is 0 Å². The van der Waals surface area contributed by atoms with Crippen LogP contribution in [-0.2, 0) is 12.7 Å². The van der Waals surface area contributed by atoms with Crippen LogP contribution in [-0.4, -0.2) is 55.8 Å². The van der Waals surface area contributed by atoms with Crippen molar-refractivity contribution >= 4 is 18.4 Å². The monoisotopic (exact) mass is 438 g/mol. The van der Waals surface area contributed by atoms with E-state index in [1.165, 1.54) is 17.1 Å². The molecule has 3 heterocycles. The molecule has 1 aliphatic rings. The SMILES string of the molecule is CC(C)(O)Cn1cc(-c2nc(N[C@H]3CCNC[C@H]3F)ncc2C(F)(F)F)cn1.Cl. The molecule has 1 fully saturated rings. The van der Waals surface area contributed by atoms with Crippen molar-refractivity contribution in [2.24, 2.45) is 0 Å². The van der Waals surface area contributed by atoms with E-state index in [4.69, 9.17) is 0 Å². The number of piperidine rings is 1. The number of aliphatic hydroxyl groups is 1. The Kier molecular flexibility index (Phi) is 7.07. The van der Waals surface area contributed by atoms with Crippen LogP contribution in [0.2, 0.25) is 0 Å². The Morgan fingerprint density at radius 2 is 2.03 bits per heavy atom. The predicted molar refractivity (Wildman–Crippen MR) is 102 cm³/mol. The van der Waals surface area contributed by atoms with Gasteiger partial charge in [-0.05, 0) is 26.8 Å². The molecule has 0 saturated carbocycles. The minimum Gasteiger partial charge on any atom is -0.389 e. The first kappa shape index (κ1) is 23.3. The summed E-state index contributed by atoms with van der Waals surface area (Å²) in [6.45, 7) is 3.98. The first-order chi connectivity index (χ1) is 13.0. The lowest BCUT2D eigenvalue weighted by Crippen LogP contribution is -2.45. The third-order valence-corrected chi connectivity index (χ3v) is 4.27. The molecule has 0 spiro atoms. The van der Waals surface area contributed by atoms with E-state index < -0.39 is 29.6 Å². The van der Waals surface area contributed by atoms with Crippen molar-refractivity contribution in [1.29, 1.82) is 0 Å². The Labute approximate surface area is 171 Å². The summed E-state index contributed by atoms with van der Waals surface area (Å²) in [7, 11) is 0. The molecule has 3 N–H and O–H groups in total. The lowest BCUT2D eigenvalue weighted by molar-refractivity contribution is -0.137. The fraction of sp³-hybridized carbons (Fsp3) is 0.588. The highest BCUT2D eigenvalue weighted by Gasteiger charge is 2.36. The molecule has 2 atom stereocenters. The van der Waals surface area contributed by atoms with Crippen molar-refractivity contribution in [2.75, 3.05) is 18.4 Å². The van der Waals surface area contributed by atoms with Crippen molar-refractivity contribution in [3.8, 4) is 11.3 Å². The van der Waals surface area contributed by atoms with Gasteiger partial charge in [0.1, 0.15) is 11.7 Å². The molecule has 0 bridgehead atoms. The van der Waals surface area contributed by atoms with Crippen molar-refractivity contribution in [3.05, 3.63) is 24.2 Å². The molecule has 1 saturated heterocycles. The van der Waals surface area contributed by atoms with E-state index in [1.807, 2.05) is 0 Å². The molecular weight excluding hydrogens is 416 g/mol. The van der Waals surface area contributed by atoms with Crippen molar-refractivity contribution < 1.29 is 22.7 Å². The van der Waals surface area contributed by atoms with Crippen molar-refractivity contribution in [1.82, 2.24) is 25.1 Å². The van der Waals surface area contributed by atoms with Crippen LogP contribution in [0.15, 0.2) is 18.6 Å². The highest BCUT2D eigenvalue weighted by Crippen LogP contribution is 2.36. The molecule has 0 radical (unpaired) electrons. The molecule has 7 nitrogen and oxygen atoms in total. The summed E-state index contributed by atoms with van der Waals surface area (Å²) in [5.74, 6) is -0.0761. The second kappa shape index (κ2) is 8.80. The van der Waals surface area contributed by atoms with Gasteiger partial charge in [-0.15, -0.1) is 12.4 Å². The Morgan fingerprint density at radius 1 is 1.31 bits per heavy atom. The van der Waals surface area contributed by atoms with E-state index in [0.29, 0.717) is 19.2 Å². The maximum absolute atomic E-state index is 14.0. The lowest BCUT2D eigenvalue weighted by Gasteiger charge is -2.27. The fourth-order valence-corrected chi connectivity index (χ4v) is 3.00. The second-order valence-corrected chi connectivity index (χ2v) is 7.45. The van der Waals surface area contributed by atoms with Crippen molar-refractivity contribution in [3.63, 3.8) is 0 Å². The maximum Gasteiger partial charge on any atom is 0.419 e. The number of nitrogens with one attached hydrogen (secondary N) is 2. The molecule has 29 heavy (non-hydrogen) atoms. The summed E-state index contributed by atoms with van der Waals surface area (Å²) < 4.78 is 55.6. The average Bonchev–Trinajstić information content (AvgIpc) is 3.02. The number of aromatic nitrogens is 4. The van der Waals surface area contributed by atoms with Gasteiger partial charge in [0, 0.05) is 24.5 Å². The van der Waals surface area contributed by atoms with E-state index in [0.717, 1.165) is 0 Å². The molecule has 3 rings (SSSR count). The van der Waals surface area contributed by atoms with Crippen LogP contribution in [0.1, 0.15) is 25.8 Å². The van der Waals surface area contributed by atoms with E-state index in [9.17, 15) is 22.7 Å². The van der Waals surface area contributed by atoms with E-state index in [1.54, 1.807) is 13.8 Å². The van der Waals surface area contributed by atoms with E-state index in [-0.39, 0.29) is 42.7 Å². The predicted octanol–water partition coefficient (Wildman–Crippen LogP) is 2.66. The topological polar surface area (TPSA) is 87.9 Å². The van der Waals surface area contributed by atoms with Crippen LogP contribution in [0.5, 0.6) is 0 Å². The Hall–Kier alpha value is -1.98. The molecule has 0 aromatic carbocycles. The Bertz CT molecular complexity index is 823. The van der Waals surface area contributed by atoms with Crippen LogP contribution < -0.4 is 10.6 Å². The Morgan fingerprint density at radius 3 is 2.66 bits per heavy atom. The van der Waals surface area contributed by atoms with Gasteiger partial charge in [0.05, 0.1) is 30.1 Å². The number of halogens is 5. The zero-order valence-corrected chi connectivity index (χ0v) is 16.7. The third-order valence-electron chi connectivity index (χ3n) is 4.27. The standard InChI is InChI=1S/C17H22F4N6O.ClH/c1-16(2,28)9-27-8-10(5-24-27)14-11(17(19,20)21)6-23-15(26-14)25-13-3-4-22-7-12(13)18;/h5-6,8,12-13,22,28H,3-4,7,9H2,1-2H3,(H,23,25,26);1H/t12-,13+;/m1./s1. The van der Waals surface area contributed by atoms with E-state index >= 15 is 0 Å². The third kappa shape index (κ3) is 6.00. The highest BCUT2D eigenvalue weighted by molar-refractivity contribution is 5.85. The summed E-state index contributed by atoms with van der Waals surface area (Å²) in [5.41, 5.74) is -2.32. The zero-order chi connectivity index (χ0) is 20.5. The number of alkyl halides is 4. The number of anilines is 1. The van der Waals surface area contributed by atoms with Gasteiger partial charge < -0.3 is 15.7 Å². The molecule has 0 aliphatic carbocycles. The van der Waals surface area contributed by atoms with Crippen molar-refractivity contribution in [2.45, 2.75) is 50.8 Å². The summed E-state index contributed by atoms with van der Waals surface area (Å²) in [5, 5.41) is 19.6. The fourth-order valence-electron chi connectivity index (χ4n) is 3.00. The van der Waals surface area contributed by atoms with Gasteiger partial charge in [-0.2, -0.15) is 18.3 Å². The van der Waals surface area contributed by atoms with Gasteiger partial charge in [-0.3, -0.25) is 4.68 Å². The molecule has 162 valence electrons. The van der Waals surface area contributed by atoms with Gasteiger partial charge in [0.2, 0.25) is 5.95 Å². The van der Waals surface area contributed by atoms with E-state index in [2.05, 4.69) is 25.7 Å². The van der Waals surface area contributed by atoms with Crippen LogP contribution in [0.4, 0.5) is 23.5 Å². The van der Waals surface area contributed by atoms with Crippen LogP contribution in [0.3, 0.4) is 0 Å². The lowest BCUT2D eigenvalue weighted by atomic mass is 10.1. The summed E-state index contributed by atoms with van der Waals surface area (Å²) in [4.78, 5) is 7.73. The first-order valence-electron chi connectivity index (χ1n) is 8.84. The number of hydrogen-bond acceptors (Lipinski definition) is 6. The minimum atomic E-state index is -4.66. The number of nitrogens with zero attached hydrogens (tertiary/aromatic N) is 4. The molecule has 2 aromatic heterocycles. The second-order valence-electron chi connectivity index (χ2n) is 7.45. The van der Waals surface area contributed by atoms with Gasteiger partial charge in [0.25, 0.3) is 0 Å². The molecule has 0 amide bonds. The maximum atomic E-state index is 14.0. The first-order valence-corrected chi connectivity index (χ1v) is 8.84. The van der Waals surface area contributed by atoms with Crippen LogP contribution in [0, 0.1) is 0 Å². The molecule has 2 aromatic rings. The van der Waals surface area contributed by atoms with Crippen LogP contribution in [0.25, 0.3) is 11.3 Å². The average molecular weight is 439 g/mol. The summed E-state index contributed by atoms with van der Waals surface area (Å²) in [6, 6.07) is -0.580. The molecule has 1 aliphatic heterocycles. The zero-order valence-electron chi connectivity index (χ0n) is 15.9. The summed E-state index contributed by atoms with van der Waals surface area (Å²) in [6.07, 6.45) is -2.09. The smallest absolute Gasteiger partial charge is 0.389 e. The minimum absolute atomic E-state index is 0. The van der Waals surface area contributed by atoms with Gasteiger partial charge in [-0.1, -0.05) is 0 Å². The normalized spacial score (nSPS) is 20.2. The highest BCUT2D eigenvalue weighted by atomic mass is 35.5. The van der Waals surface area contributed by atoms with Gasteiger partial charge >= 0.3 is 6.18 Å². The van der Waals surface area contributed by atoms with Gasteiger partial charge in [-0.25, -0.2) is 14.4 Å². The molecule has 0 unspecified atom stereocenters.